The van der Waals surface area contributed by atoms with Crippen LogP contribution >= 0.6 is 22.6 Å². The lowest BCUT2D eigenvalue weighted by molar-refractivity contribution is 0.892. The fourth-order valence-electron chi connectivity index (χ4n) is 0.507. The van der Waals surface area contributed by atoms with Gasteiger partial charge in [-0.1, -0.05) is 42.5 Å². The summed E-state index contributed by atoms with van der Waals surface area (Å²) in [5, 5.41) is 0. The first-order chi connectivity index (χ1) is 3.35. The van der Waals surface area contributed by atoms with Gasteiger partial charge in [0.2, 0.25) is 0 Å². The van der Waals surface area contributed by atoms with Crippen LogP contribution in [0, 0.1) is 0 Å². The summed E-state index contributed by atoms with van der Waals surface area (Å²) in [4.78, 5) is 0. The molecule has 0 saturated carbocycles. The van der Waals surface area contributed by atoms with Crippen LogP contribution in [0.2, 0.25) is 12.1 Å². The Labute approximate surface area is 62.0 Å². The Hall–Kier alpha value is 0.947. The first kappa shape index (κ1) is 7.95. The van der Waals surface area contributed by atoms with E-state index in [0.29, 0.717) is 9.52 Å². The van der Waals surface area contributed by atoms with E-state index in [4.69, 9.17) is 0 Å². The summed E-state index contributed by atoms with van der Waals surface area (Å²) in [6.45, 7) is 4.69. The molecular formula is C5H13ISi. The maximum absolute atomic E-state index is 2.48. The van der Waals surface area contributed by atoms with Crippen molar-refractivity contribution in [1.82, 2.24) is 0 Å². The van der Waals surface area contributed by atoms with Crippen molar-refractivity contribution in [2.24, 2.45) is 0 Å². The Morgan fingerprint density at radius 3 is 2.29 bits per heavy atom. The molecule has 0 amide bonds. The molecule has 0 N–H and O–H groups in total. The molecule has 0 aromatic rings. The molecule has 7 heavy (non-hydrogen) atoms. The van der Waals surface area contributed by atoms with Crippen LogP contribution in [0.15, 0.2) is 0 Å². The molecule has 2 heteroatoms. The zero-order valence-electron chi connectivity index (χ0n) is 5.08. The molecule has 0 spiro atoms. The van der Waals surface area contributed by atoms with Crippen molar-refractivity contribution in [2.75, 3.05) is 4.43 Å². The normalized spacial score (nSPS) is 15.9. The van der Waals surface area contributed by atoms with Crippen LogP contribution in [0.4, 0.5) is 0 Å². The van der Waals surface area contributed by atoms with Crippen molar-refractivity contribution in [3.63, 3.8) is 0 Å². The van der Waals surface area contributed by atoms with Crippen LogP contribution < -0.4 is 0 Å². The van der Waals surface area contributed by atoms with Gasteiger partial charge >= 0.3 is 0 Å². The first-order valence-electron chi connectivity index (χ1n) is 2.91. The van der Waals surface area contributed by atoms with E-state index < -0.39 is 0 Å². The Kier molecular flexibility index (Phi) is 5.78. The molecule has 0 rings (SSSR count). The first-order valence-corrected chi connectivity index (χ1v) is 6.66. The molecule has 1 atom stereocenters. The largest absolute Gasteiger partial charge is 0.0864 e. The summed E-state index contributed by atoms with van der Waals surface area (Å²) in [6, 6.07) is 0. The van der Waals surface area contributed by atoms with E-state index in [-0.39, 0.29) is 0 Å². The zero-order chi connectivity index (χ0) is 5.70. The maximum atomic E-state index is 2.48. The second kappa shape index (κ2) is 5.09. The number of alkyl halides is 1. The van der Waals surface area contributed by atoms with Gasteiger partial charge in [-0.05, 0) is 9.97 Å². The average molecular weight is 228 g/mol. The van der Waals surface area contributed by atoms with Crippen molar-refractivity contribution in [1.29, 1.82) is 0 Å². The molecule has 0 bridgehead atoms. The Morgan fingerprint density at radius 1 is 1.71 bits per heavy atom. The second-order valence-corrected chi connectivity index (χ2v) is 4.69. The monoisotopic (exact) mass is 228 g/mol. The minimum absolute atomic E-state index is 0.320. The lowest BCUT2D eigenvalue weighted by Gasteiger charge is -2.03. The Balaban J connectivity index is 2.99. The summed E-state index contributed by atoms with van der Waals surface area (Å²) in [7, 11) is 0.320. The summed E-state index contributed by atoms with van der Waals surface area (Å²) >= 11 is 2.48. The van der Waals surface area contributed by atoms with Gasteiger partial charge in [0.05, 0.1) is 0 Å². The summed E-state index contributed by atoms with van der Waals surface area (Å²) in [6.07, 6.45) is 1.41. The third kappa shape index (κ3) is 3.52. The molecular weight excluding hydrogens is 215 g/mol. The van der Waals surface area contributed by atoms with Crippen LogP contribution in [0.5, 0.6) is 0 Å². The van der Waals surface area contributed by atoms with Gasteiger partial charge in [-0.15, -0.1) is 0 Å². The van der Waals surface area contributed by atoms with E-state index in [1.165, 1.54) is 10.8 Å². The van der Waals surface area contributed by atoms with Gasteiger partial charge in [0, 0.05) is 9.52 Å². The average Bonchev–Trinajstić information content (AvgIpc) is 1.72. The molecule has 0 aromatic carbocycles. The highest BCUT2D eigenvalue weighted by Crippen LogP contribution is 2.10. The third-order valence-corrected chi connectivity index (χ3v) is 5.81. The molecule has 0 fully saturated rings. The molecule has 0 aliphatic carbocycles. The van der Waals surface area contributed by atoms with Crippen molar-refractivity contribution >= 4 is 32.1 Å². The van der Waals surface area contributed by atoms with Gasteiger partial charge in [-0.2, -0.15) is 0 Å². The number of hydrogen-bond acceptors (Lipinski definition) is 0. The number of hydrogen-bond donors (Lipinski definition) is 0. The number of rotatable bonds is 3. The van der Waals surface area contributed by atoms with Gasteiger partial charge < -0.3 is 0 Å². The summed E-state index contributed by atoms with van der Waals surface area (Å²) < 4.78 is 1.39. The van der Waals surface area contributed by atoms with Crippen LogP contribution in [0.25, 0.3) is 0 Å². The van der Waals surface area contributed by atoms with Crippen molar-refractivity contribution in [3.05, 3.63) is 0 Å². The number of halogens is 1. The summed E-state index contributed by atoms with van der Waals surface area (Å²) in [5.74, 6) is 0. The van der Waals surface area contributed by atoms with E-state index in [1.807, 2.05) is 0 Å². The van der Waals surface area contributed by atoms with Crippen LogP contribution in [0.3, 0.4) is 0 Å². The van der Waals surface area contributed by atoms with Crippen LogP contribution in [0.1, 0.15) is 13.3 Å². The predicted octanol–water partition coefficient (Wildman–Crippen LogP) is 1.84. The highest BCUT2D eigenvalue weighted by molar-refractivity contribution is 14.1. The fourth-order valence-corrected chi connectivity index (χ4v) is 3.79. The van der Waals surface area contributed by atoms with Crippen molar-refractivity contribution in [2.45, 2.75) is 25.4 Å². The smallest absolute Gasteiger partial charge is 0.0210 e. The maximum Gasteiger partial charge on any atom is 0.0210 e. The fraction of sp³-hybridized carbons (Fsp3) is 1.00. The van der Waals surface area contributed by atoms with Crippen LogP contribution in [-0.2, 0) is 0 Å². The SMILES string of the molecule is CCC(CI)[SiH2]C. The standard InChI is InChI=1S/C5H13ISi/c1-3-5(4-6)7-2/h5H,3-4,7H2,1-2H3. The van der Waals surface area contributed by atoms with Gasteiger partial charge in [0.15, 0.2) is 0 Å². The molecule has 0 nitrogen and oxygen atoms in total. The van der Waals surface area contributed by atoms with E-state index >= 15 is 0 Å². The molecule has 0 aliphatic rings. The highest BCUT2D eigenvalue weighted by atomic mass is 127. The highest BCUT2D eigenvalue weighted by Gasteiger charge is 1.97. The predicted molar refractivity (Wildman–Crippen MR) is 47.3 cm³/mol. The van der Waals surface area contributed by atoms with E-state index in [9.17, 15) is 0 Å². The molecule has 44 valence electrons. The zero-order valence-corrected chi connectivity index (χ0v) is 8.65. The molecule has 0 aliphatic heterocycles. The van der Waals surface area contributed by atoms with Crippen molar-refractivity contribution in [3.8, 4) is 0 Å². The quantitative estimate of drug-likeness (QED) is 0.393. The van der Waals surface area contributed by atoms with E-state index in [1.54, 1.807) is 0 Å². The van der Waals surface area contributed by atoms with E-state index in [0.717, 1.165) is 5.54 Å². The lowest BCUT2D eigenvalue weighted by atomic mass is 10.4. The van der Waals surface area contributed by atoms with Gasteiger partial charge in [0.25, 0.3) is 0 Å². The van der Waals surface area contributed by atoms with Gasteiger partial charge in [0.1, 0.15) is 0 Å². The Bertz CT molecular complexity index is 29.6. The Morgan fingerprint density at radius 2 is 2.29 bits per heavy atom. The van der Waals surface area contributed by atoms with Crippen LogP contribution in [-0.4, -0.2) is 13.9 Å². The lowest BCUT2D eigenvalue weighted by Crippen LogP contribution is -1.97. The minimum atomic E-state index is 0.320. The van der Waals surface area contributed by atoms with Crippen molar-refractivity contribution < 1.29 is 0 Å². The second-order valence-electron chi connectivity index (χ2n) is 1.84. The molecule has 1 unspecified atom stereocenters. The molecule has 0 aromatic heterocycles. The third-order valence-electron chi connectivity index (χ3n) is 1.37. The van der Waals surface area contributed by atoms with Gasteiger partial charge in [-0.25, -0.2) is 0 Å². The van der Waals surface area contributed by atoms with Gasteiger partial charge in [-0.3, -0.25) is 0 Å². The summed E-state index contributed by atoms with van der Waals surface area (Å²) in [5.41, 5.74) is 1.11. The molecule has 0 radical (unpaired) electrons. The molecule has 0 heterocycles. The molecule has 0 saturated heterocycles. The topological polar surface area (TPSA) is 0 Å². The minimum Gasteiger partial charge on any atom is -0.0864 e. The van der Waals surface area contributed by atoms with E-state index in [2.05, 4.69) is 36.1 Å².